The quantitative estimate of drug-likeness (QED) is 0.516. The molecular formula is C12H14O. The van der Waals surface area contributed by atoms with E-state index in [9.17, 15) is 4.79 Å². The normalized spacial score (nSPS) is 37.3. The molecule has 1 heteroatoms. The summed E-state index contributed by atoms with van der Waals surface area (Å²) in [7, 11) is 0. The van der Waals surface area contributed by atoms with Crippen LogP contribution in [-0.2, 0) is 4.79 Å². The van der Waals surface area contributed by atoms with Gasteiger partial charge in [-0.05, 0) is 12.3 Å². The Morgan fingerprint density at radius 3 is 2.85 bits per heavy atom. The van der Waals surface area contributed by atoms with E-state index in [2.05, 4.69) is 19.1 Å². The summed E-state index contributed by atoms with van der Waals surface area (Å²) in [5, 5.41) is 0. The van der Waals surface area contributed by atoms with Crippen LogP contribution in [0.1, 0.15) is 13.3 Å². The van der Waals surface area contributed by atoms with E-state index in [0.717, 1.165) is 6.42 Å². The maximum Gasteiger partial charge on any atom is 0.147 e. The molecule has 2 aliphatic carbocycles. The SMILES string of the molecule is CC1C=CCC2C=CC=CC1C2=O. The Kier molecular flexibility index (Phi) is 2.17. The highest BCUT2D eigenvalue weighted by atomic mass is 16.1. The molecule has 0 saturated carbocycles. The molecule has 2 rings (SSSR count). The molecule has 3 unspecified atom stereocenters. The number of fused-ring (bicyclic) bond motifs is 2. The highest BCUT2D eigenvalue weighted by Crippen LogP contribution is 2.28. The van der Waals surface area contributed by atoms with Crippen LogP contribution in [-0.4, -0.2) is 5.78 Å². The fraction of sp³-hybridized carbons (Fsp3) is 0.417. The zero-order valence-corrected chi connectivity index (χ0v) is 7.81. The molecule has 13 heavy (non-hydrogen) atoms. The Morgan fingerprint density at radius 2 is 2.00 bits per heavy atom. The molecule has 0 aromatic rings. The van der Waals surface area contributed by atoms with Gasteiger partial charge in [0.1, 0.15) is 5.78 Å². The highest BCUT2D eigenvalue weighted by molar-refractivity contribution is 5.88. The van der Waals surface area contributed by atoms with Crippen LogP contribution in [0.4, 0.5) is 0 Å². The van der Waals surface area contributed by atoms with Gasteiger partial charge in [-0.2, -0.15) is 0 Å². The predicted octanol–water partition coefficient (Wildman–Crippen LogP) is 2.51. The molecule has 0 fully saturated rings. The maximum atomic E-state index is 11.9. The molecule has 0 aromatic carbocycles. The van der Waals surface area contributed by atoms with Crippen molar-refractivity contribution in [3.05, 3.63) is 36.5 Å². The fourth-order valence-electron chi connectivity index (χ4n) is 2.01. The van der Waals surface area contributed by atoms with Crippen molar-refractivity contribution in [2.24, 2.45) is 17.8 Å². The third kappa shape index (κ3) is 1.51. The molecule has 68 valence electrons. The van der Waals surface area contributed by atoms with Crippen LogP contribution >= 0.6 is 0 Å². The first-order valence-corrected chi connectivity index (χ1v) is 4.84. The molecule has 0 amide bonds. The minimum absolute atomic E-state index is 0.0961. The monoisotopic (exact) mass is 174 g/mol. The summed E-state index contributed by atoms with van der Waals surface area (Å²) >= 11 is 0. The lowest BCUT2D eigenvalue weighted by Gasteiger charge is -2.16. The number of carbonyl (C=O) groups is 1. The second-order valence-corrected chi connectivity index (χ2v) is 3.83. The van der Waals surface area contributed by atoms with Crippen LogP contribution in [0.15, 0.2) is 36.5 Å². The van der Waals surface area contributed by atoms with Crippen molar-refractivity contribution in [2.75, 3.05) is 0 Å². The number of hydrogen-bond donors (Lipinski definition) is 0. The average Bonchev–Trinajstić information content (AvgIpc) is 2.36. The van der Waals surface area contributed by atoms with E-state index >= 15 is 0 Å². The summed E-state index contributed by atoms with van der Waals surface area (Å²) in [6, 6.07) is 0. The Balaban J connectivity index is 2.37. The van der Waals surface area contributed by atoms with E-state index in [4.69, 9.17) is 0 Å². The van der Waals surface area contributed by atoms with Crippen LogP contribution in [0, 0.1) is 17.8 Å². The molecule has 0 heterocycles. The Hall–Kier alpha value is -1.11. The molecular weight excluding hydrogens is 160 g/mol. The Labute approximate surface area is 78.8 Å². The van der Waals surface area contributed by atoms with E-state index in [1.807, 2.05) is 24.3 Å². The van der Waals surface area contributed by atoms with Gasteiger partial charge in [-0.15, -0.1) is 0 Å². The van der Waals surface area contributed by atoms with Crippen LogP contribution < -0.4 is 0 Å². The molecule has 0 N–H and O–H groups in total. The van der Waals surface area contributed by atoms with Crippen LogP contribution in [0.3, 0.4) is 0 Å². The fourth-order valence-corrected chi connectivity index (χ4v) is 2.01. The largest absolute Gasteiger partial charge is 0.298 e. The lowest BCUT2D eigenvalue weighted by atomic mass is 9.86. The lowest BCUT2D eigenvalue weighted by molar-refractivity contribution is -0.124. The minimum atomic E-state index is 0.0961. The molecule has 0 radical (unpaired) electrons. The first-order valence-electron chi connectivity index (χ1n) is 4.84. The summed E-state index contributed by atoms with van der Waals surface area (Å²) in [6.07, 6.45) is 13.2. The smallest absolute Gasteiger partial charge is 0.147 e. The highest BCUT2D eigenvalue weighted by Gasteiger charge is 2.28. The van der Waals surface area contributed by atoms with Gasteiger partial charge in [-0.1, -0.05) is 43.4 Å². The predicted molar refractivity (Wildman–Crippen MR) is 53.2 cm³/mol. The first kappa shape index (κ1) is 8.49. The summed E-state index contributed by atoms with van der Waals surface area (Å²) in [6.45, 7) is 2.11. The zero-order valence-electron chi connectivity index (χ0n) is 7.81. The molecule has 0 aliphatic heterocycles. The topological polar surface area (TPSA) is 17.1 Å². The van der Waals surface area contributed by atoms with Crippen LogP contribution in [0.5, 0.6) is 0 Å². The van der Waals surface area contributed by atoms with E-state index in [-0.39, 0.29) is 11.8 Å². The standard InChI is InChI=1S/C12H14O/c1-9-5-4-7-10-6-2-3-8-11(9)12(10)13/h2-6,8-11H,7H2,1H3. The van der Waals surface area contributed by atoms with Crippen molar-refractivity contribution >= 4 is 5.78 Å². The second kappa shape index (κ2) is 3.33. The van der Waals surface area contributed by atoms with Crippen LogP contribution in [0.2, 0.25) is 0 Å². The van der Waals surface area contributed by atoms with Gasteiger partial charge < -0.3 is 0 Å². The molecule has 0 spiro atoms. The zero-order chi connectivity index (χ0) is 9.26. The van der Waals surface area contributed by atoms with Crippen molar-refractivity contribution in [2.45, 2.75) is 13.3 Å². The Morgan fingerprint density at radius 1 is 1.23 bits per heavy atom. The van der Waals surface area contributed by atoms with E-state index in [0.29, 0.717) is 11.7 Å². The molecule has 1 nitrogen and oxygen atoms in total. The van der Waals surface area contributed by atoms with Gasteiger partial charge in [0.15, 0.2) is 0 Å². The molecule has 2 bridgehead atoms. The third-order valence-corrected chi connectivity index (χ3v) is 2.86. The van der Waals surface area contributed by atoms with Gasteiger partial charge in [-0.25, -0.2) is 0 Å². The van der Waals surface area contributed by atoms with Gasteiger partial charge in [0, 0.05) is 11.8 Å². The summed E-state index contributed by atoms with van der Waals surface area (Å²) in [4.78, 5) is 11.9. The number of hydrogen-bond acceptors (Lipinski definition) is 1. The second-order valence-electron chi connectivity index (χ2n) is 3.83. The van der Waals surface area contributed by atoms with Crippen LogP contribution in [0.25, 0.3) is 0 Å². The summed E-state index contributed by atoms with van der Waals surface area (Å²) in [5.74, 6) is 0.941. The average molecular weight is 174 g/mol. The van der Waals surface area contributed by atoms with Gasteiger partial charge in [0.2, 0.25) is 0 Å². The minimum Gasteiger partial charge on any atom is -0.298 e. The molecule has 0 saturated heterocycles. The van der Waals surface area contributed by atoms with Crippen molar-refractivity contribution in [1.82, 2.24) is 0 Å². The number of ketones is 1. The number of Topliss-reactive ketones (excluding diaryl/α,β-unsaturated/α-hetero) is 1. The van der Waals surface area contributed by atoms with Gasteiger partial charge in [0.05, 0.1) is 0 Å². The number of rotatable bonds is 0. The summed E-state index contributed by atoms with van der Waals surface area (Å²) in [5.41, 5.74) is 0. The number of carbonyl (C=O) groups excluding carboxylic acids is 1. The molecule has 2 aliphatic rings. The van der Waals surface area contributed by atoms with E-state index in [1.54, 1.807) is 0 Å². The molecule has 0 aromatic heterocycles. The summed E-state index contributed by atoms with van der Waals surface area (Å²) < 4.78 is 0. The first-order chi connectivity index (χ1) is 6.29. The van der Waals surface area contributed by atoms with Crippen molar-refractivity contribution in [3.63, 3.8) is 0 Å². The Bertz CT molecular complexity index is 296. The third-order valence-electron chi connectivity index (χ3n) is 2.86. The molecule has 3 atom stereocenters. The van der Waals surface area contributed by atoms with Crippen molar-refractivity contribution < 1.29 is 4.79 Å². The maximum absolute atomic E-state index is 11.9. The van der Waals surface area contributed by atoms with Gasteiger partial charge in [0.25, 0.3) is 0 Å². The number of allylic oxidation sites excluding steroid dienone is 6. The van der Waals surface area contributed by atoms with E-state index < -0.39 is 0 Å². The van der Waals surface area contributed by atoms with Gasteiger partial charge in [-0.3, -0.25) is 4.79 Å². The van der Waals surface area contributed by atoms with Crippen molar-refractivity contribution in [1.29, 1.82) is 0 Å². The van der Waals surface area contributed by atoms with E-state index in [1.165, 1.54) is 0 Å². The van der Waals surface area contributed by atoms with Crippen molar-refractivity contribution in [3.8, 4) is 0 Å². The lowest BCUT2D eigenvalue weighted by Crippen LogP contribution is -2.22. The van der Waals surface area contributed by atoms with Gasteiger partial charge >= 0.3 is 0 Å².